The molecule has 0 saturated carbocycles. The molecular weight excluding hydrogens is 340 g/mol. The van der Waals surface area contributed by atoms with Gasteiger partial charge >= 0.3 is 0 Å². The van der Waals surface area contributed by atoms with Crippen molar-refractivity contribution in [1.82, 2.24) is 5.32 Å². The molecule has 0 aliphatic carbocycles. The van der Waals surface area contributed by atoms with Crippen LogP contribution in [0.2, 0.25) is 0 Å². The van der Waals surface area contributed by atoms with Gasteiger partial charge in [-0.3, -0.25) is 4.79 Å². The Hall–Kier alpha value is -2.07. The van der Waals surface area contributed by atoms with E-state index in [0.717, 1.165) is 21.3 Å². The van der Waals surface area contributed by atoms with E-state index in [-0.39, 0.29) is 5.91 Å². The Labute approximate surface area is 139 Å². The van der Waals surface area contributed by atoms with Crippen LogP contribution < -0.4 is 10.2 Å². The minimum absolute atomic E-state index is 0.100. The highest BCUT2D eigenvalue weighted by molar-refractivity contribution is 9.10. The maximum absolute atomic E-state index is 11.8. The zero-order chi connectivity index (χ0) is 15.9. The third-order valence-electron chi connectivity index (χ3n) is 3.20. The first-order valence-corrected chi connectivity index (χ1v) is 7.81. The molecule has 0 aliphatic heterocycles. The lowest BCUT2D eigenvalue weighted by molar-refractivity contribution is -0.116. The zero-order valence-electron chi connectivity index (χ0n) is 12.7. The summed E-state index contributed by atoms with van der Waals surface area (Å²) in [6, 6.07) is 15.9. The Morgan fingerprint density at radius 2 is 1.91 bits per heavy atom. The summed E-state index contributed by atoms with van der Waals surface area (Å²) in [5.41, 5.74) is 3.21. The van der Waals surface area contributed by atoms with Crippen LogP contribution in [-0.4, -0.2) is 20.0 Å². The lowest BCUT2D eigenvalue weighted by atomic mass is 10.2. The van der Waals surface area contributed by atoms with Gasteiger partial charge in [0, 0.05) is 36.9 Å². The van der Waals surface area contributed by atoms with E-state index in [1.807, 2.05) is 67.5 Å². The van der Waals surface area contributed by atoms with Gasteiger partial charge in [-0.2, -0.15) is 0 Å². The third-order valence-corrected chi connectivity index (χ3v) is 3.69. The average Bonchev–Trinajstić information content (AvgIpc) is 2.51. The smallest absolute Gasteiger partial charge is 0.244 e. The number of halogens is 1. The van der Waals surface area contributed by atoms with Crippen molar-refractivity contribution in [2.75, 3.05) is 19.0 Å². The van der Waals surface area contributed by atoms with Crippen molar-refractivity contribution in [3.8, 4) is 0 Å². The summed E-state index contributed by atoms with van der Waals surface area (Å²) >= 11 is 3.41. The van der Waals surface area contributed by atoms with Crippen LogP contribution in [0.4, 0.5) is 5.69 Å². The van der Waals surface area contributed by atoms with Crippen molar-refractivity contribution in [2.24, 2.45) is 0 Å². The van der Waals surface area contributed by atoms with Crippen molar-refractivity contribution in [2.45, 2.75) is 6.54 Å². The van der Waals surface area contributed by atoms with Crippen molar-refractivity contribution in [3.63, 3.8) is 0 Å². The van der Waals surface area contributed by atoms with Gasteiger partial charge in [0.15, 0.2) is 0 Å². The van der Waals surface area contributed by atoms with Crippen LogP contribution >= 0.6 is 15.9 Å². The van der Waals surface area contributed by atoms with Crippen LogP contribution in [0.5, 0.6) is 0 Å². The van der Waals surface area contributed by atoms with Gasteiger partial charge in [-0.15, -0.1) is 0 Å². The molecular formula is C18H19BrN2O. The lowest BCUT2D eigenvalue weighted by Crippen LogP contribution is -2.20. The Bertz CT molecular complexity index is 663. The number of hydrogen-bond donors (Lipinski definition) is 1. The number of benzene rings is 2. The first kappa shape index (κ1) is 16.3. The van der Waals surface area contributed by atoms with Crippen molar-refractivity contribution < 1.29 is 4.79 Å². The molecule has 0 bridgehead atoms. The van der Waals surface area contributed by atoms with Crippen molar-refractivity contribution >= 4 is 33.6 Å². The highest BCUT2D eigenvalue weighted by Crippen LogP contribution is 2.13. The van der Waals surface area contributed by atoms with E-state index in [0.29, 0.717) is 6.54 Å². The van der Waals surface area contributed by atoms with E-state index >= 15 is 0 Å². The molecule has 2 aromatic rings. The SMILES string of the molecule is CN(C)c1ccc(CNC(=O)/C=C/c2cccc(Br)c2)cc1. The summed E-state index contributed by atoms with van der Waals surface area (Å²) in [4.78, 5) is 13.9. The Morgan fingerprint density at radius 3 is 2.55 bits per heavy atom. The van der Waals surface area contributed by atoms with Crippen LogP contribution in [0.15, 0.2) is 59.1 Å². The fraction of sp³-hybridized carbons (Fsp3) is 0.167. The zero-order valence-corrected chi connectivity index (χ0v) is 14.3. The van der Waals surface area contributed by atoms with Crippen LogP contribution in [0, 0.1) is 0 Å². The van der Waals surface area contributed by atoms with E-state index < -0.39 is 0 Å². The summed E-state index contributed by atoms with van der Waals surface area (Å²) in [6.07, 6.45) is 3.35. The first-order chi connectivity index (χ1) is 10.5. The van der Waals surface area contributed by atoms with Crippen LogP contribution in [0.3, 0.4) is 0 Å². The molecule has 0 heterocycles. The van der Waals surface area contributed by atoms with Crippen LogP contribution in [0.25, 0.3) is 6.08 Å². The normalized spacial score (nSPS) is 10.7. The van der Waals surface area contributed by atoms with Gasteiger partial charge in [0.1, 0.15) is 0 Å². The summed E-state index contributed by atoms with van der Waals surface area (Å²) in [6.45, 7) is 0.523. The molecule has 0 saturated heterocycles. The number of rotatable bonds is 5. The number of nitrogens with zero attached hydrogens (tertiary/aromatic N) is 1. The minimum atomic E-state index is -0.100. The molecule has 0 atom stereocenters. The molecule has 22 heavy (non-hydrogen) atoms. The highest BCUT2D eigenvalue weighted by atomic mass is 79.9. The largest absolute Gasteiger partial charge is 0.378 e. The van der Waals surface area contributed by atoms with Crippen LogP contribution in [0.1, 0.15) is 11.1 Å². The number of anilines is 1. The number of carbonyl (C=O) groups is 1. The summed E-state index contributed by atoms with van der Waals surface area (Å²) in [5, 5.41) is 2.88. The molecule has 0 spiro atoms. The minimum Gasteiger partial charge on any atom is -0.378 e. The maximum atomic E-state index is 11.8. The number of amides is 1. The molecule has 114 valence electrons. The van der Waals surface area contributed by atoms with Gasteiger partial charge in [-0.05, 0) is 41.5 Å². The second-order valence-corrected chi connectivity index (χ2v) is 6.08. The number of nitrogens with one attached hydrogen (secondary N) is 1. The molecule has 0 unspecified atom stereocenters. The fourth-order valence-electron chi connectivity index (χ4n) is 1.94. The lowest BCUT2D eigenvalue weighted by Gasteiger charge is -2.12. The molecule has 0 aliphatic rings. The molecule has 2 aromatic carbocycles. The summed E-state index contributed by atoms with van der Waals surface area (Å²) < 4.78 is 0.996. The van der Waals surface area contributed by atoms with E-state index in [1.54, 1.807) is 12.2 Å². The first-order valence-electron chi connectivity index (χ1n) is 7.02. The molecule has 3 nitrogen and oxygen atoms in total. The van der Waals surface area contributed by atoms with Gasteiger partial charge in [-0.25, -0.2) is 0 Å². The molecule has 2 rings (SSSR count). The molecule has 1 amide bonds. The summed E-state index contributed by atoms with van der Waals surface area (Å²) in [5.74, 6) is -0.100. The van der Waals surface area contributed by atoms with Crippen molar-refractivity contribution in [1.29, 1.82) is 0 Å². The number of carbonyl (C=O) groups excluding carboxylic acids is 1. The monoisotopic (exact) mass is 358 g/mol. The Morgan fingerprint density at radius 1 is 1.18 bits per heavy atom. The third kappa shape index (κ3) is 5.04. The maximum Gasteiger partial charge on any atom is 0.244 e. The second-order valence-electron chi connectivity index (χ2n) is 5.17. The van der Waals surface area contributed by atoms with Gasteiger partial charge in [0.05, 0.1) is 0 Å². The van der Waals surface area contributed by atoms with E-state index in [9.17, 15) is 4.79 Å². The van der Waals surface area contributed by atoms with E-state index in [4.69, 9.17) is 0 Å². The summed E-state index contributed by atoms with van der Waals surface area (Å²) in [7, 11) is 4.01. The standard InChI is InChI=1S/C18H19BrN2O/c1-21(2)17-9-6-15(7-10-17)13-20-18(22)11-8-14-4-3-5-16(19)12-14/h3-12H,13H2,1-2H3,(H,20,22)/b11-8+. The topological polar surface area (TPSA) is 32.3 Å². The van der Waals surface area contributed by atoms with Gasteiger partial charge in [0.2, 0.25) is 5.91 Å². The van der Waals surface area contributed by atoms with Gasteiger partial charge in [0.25, 0.3) is 0 Å². The predicted octanol–water partition coefficient (Wildman–Crippen LogP) is 3.84. The fourth-order valence-corrected chi connectivity index (χ4v) is 2.36. The molecule has 4 heteroatoms. The quantitative estimate of drug-likeness (QED) is 0.823. The molecule has 0 aromatic heterocycles. The number of hydrogen-bond acceptors (Lipinski definition) is 2. The van der Waals surface area contributed by atoms with Crippen LogP contribution in [-0.2, 0) is 11.3 Å². The van der Waals surface area contributed by atoms with E-state index in [1.165, 1.54) is 0 Å². The molecule has 0 radical (unpaired) electrons. The van der Waals surface area contributed by atoms with Gasteiger partial charge < -0.3 is 10.2 Å². The molecule has 0 fully saturated rings. The Kier molecular flexibility index (Phi) is 5.78. The highest BCUT2D eigenvalue weighted by Gasteiger charge is 1.99. The van der Waals surface area contributed by atoms with E-state index in [2.05, 4.69) is 21.2 Å². The molecule has 1 N–H and O–H groups in total. The van der Waals surface area contributed by atoms with Crippen molar-refractivity contribution in [3.05, 3.63) is 70.2 Å². The average molecular weight is 359 g/mol. The Balaban J connectivity index is 1.87. The van der Waals surface area contributed by atoms with Gasteiger partial charge in [-0.1, -0.05) is 40.2 Å². The second kappa shape index (κ2) is 7.80. The predicted molar refractivity (Wildman–Crippen MR) is 95.8 cm³/mol.